The second-order valence-electron chi connectivity index (χ2n) is 3.45. The summed E-state index contributed by atoms with van der Waals surface area (Å²) in [6.45, 7) is 1.39. The Labute approximate surface area is 105 Å². The van der Waals surface area contributed by atoms with Crippen molar-refractivity contribution in [1.29, 1.82) is 0 Å². The van der Waals surface area contributed by atoms with Gasteiger partial charge in [-0.1, -0.05) is 0 Å². The summed E-state index contributed by atoms with van der Waals surface area (Å²) in [5, 5.41) is 14.1. The van der Waals surface area contributed by atoms with Crippen LogP contribution in [0.3, 0.4) is 0 Å². The maximum Gasteiger partial charge on any atom is 0.238 e. The van der Waals surface area contributed by atoms with Gasteiger partial charge in [0.15, 0.2) is 0 Å². The highest BCUT2D eigenvalue weighted by Crippen LogP contribution is 2.08. The lowest BCUT2D eigenvalue weighted by molar-refractivity contribution is -0.114. The van der Waals surface area contributed by atoms with Crippen molar-refractivity contribution in [2.75, 3.05) is 43.5 Å². The van der Waals surface area contributed by atoms with Gasteiger partial charge in [0.05, 0.1) is 38.2 Å². The Hall–Kier alpha value is -1.70. The van der Waals surface area contributed by atoms with Gasteiger partial charge in [-0.05, 0) is 12.1 Å². The topological polar surface area (TPSA) is 110 Å². The lowest BCUT2D eigenvalue weighted by Gasteiger charge is -2.07. The van der Waals surface area contributed by atoms with Crippen LogP contribution in [0, 0.1) is 0 Å². The third kappa shape index (κ3) is 5.58. The van der Waals surface area contributed by atoms with Gasteiger partial charge in [0, 0.05) is 6.54 Å². The molecule has 1 aromatic rings. The molecule has 0 saturated carbocycles. The summed E-state index contributed by atoms with van der Waals surface area (Å²) >= 11 is 0. The number of hydrogen-bond donors (Lipinski definition) is 4. The number of ether oxygens (including phenoxy) is 1. The van der Waals surface area contributed by atoms with Gasteiger partial charge in [0.25, 0.3) is 0 Å². The number of aromatic nitrogens is 1. The number of aliphatic hydroxyl groups excluding tert-OH is 1. The zero-order valence-corrected chi connectivity index (χ0v) is 10.1. The first-order valence-electron chi connectivity index (χ1n) is 5.64. The van der Waals surface area contributed by atoms with Crippen molar-refractivity contribution in [3.8, 4) is 0 Å². The van der Waals surface area contributed by atoms with Crippen molar-refractivity contribution in [3.05, 3.63) is 18.3 Å². The molecule has 0 fully saturated rings. The van der Waals surface area contributed by atoms with Crippen molar-refractivity contribution in [2.45, 2.75) is 0 Å². The molecular weight excluding hydrogens is 236 g/mol. The number of amides is 1. The van der Waals surface area contributed by atoms with E-state index < -0.39 is 0 Å². The van der Waals surface area contributed by atoms with Crippen LogP contribution in [0.4, 0.5) is 11.5 Å². The molecule has 1 amide bonds. The maximum atomic E-state index is 11.0. The first-order valence-corrected chi connectivity index (χ1v) is 5.64. The van der Waals surface area contributed by atoms with Gasteiger partial charge >= 0.3 is 0 Å². The number of nitrogens with two attached hydrogens (primary N) is 1. The van der Waals surface area contributed by atoms with E-state index in [1.165, 1.54) is 0 Å². The van der Waals surface area contributed by atoms with Gasteiger partial charge in [0.2, 0.25) is 5.91 Å². The average Bonchev–Trinajstić information content (AvgIpc) is 2.40. The predicted octanol–water partition coefficient (Wildman–Crippen LogP) is -0.600. The maximum absolute atomic E-state index is 11.0. The van der Waals surface area contributed by atoms with Crippen LogP contribution in [0.15, 0.2) is 18.3 Å². The minimum atomic E-state index is -0.255. The normalized spacial score (nSPS) is 10.1. The molecule has 0 aliphatic rings. The second-order valence-corrected chi connectivity index (χ2v) is 3.45. The number of hydrogen-bond acceptors (Lipinski definition) is 6. The predicted molar refractivity (Wildman–Crippen MR) is 68.3 cm³/mol. The Morgan fingerprint density at radius 3 is 2.89 bits per heavy atom. The molecule has 0 unspecified atom stereocenters. The summed E-state index contributed by atoms with van der Waals surface area (Å²) in [6, 6.07) is 3.48. The van der Waals surface area contributed by atoms with E-state index in [0.29, 0.717) is 31.3 Å². The summed E-state index contributed by atoms with van der Waals surface area (Å²) in [7, 11) is 0. The summed E-state index contributed by atoms with van der Waals surface area (Å²) in [4.78, 5) is 15.1. The first-order chi connectivity index (χ1) is 8.76. The van der Waals surface area contributed by atoms with E-state index in [-0.39, 0.29) is 19.1 Å². The Bertz CT molecular complexity index is 356. The highest BCUT2D eigenvalue weighted by atomic mass is 16.5. The highest BCUT2D eigenvalue weighted by molar-refractivity contribution is 5.91. The van der Waals surface area contributed by atoms with E-state index in [4.69, 9.17) is 15.6 Å². The number of anilines is 2. The molecule has 7 nitrogen and oxygen atoms in total. The van der Waals surface area contributed by atoms with Crippen LogP contribution < -0.4 is 16.4 Å². The van der Waals surface area contributed by atoms with E-state index in [9.17, 15) is 4.79 Å². The zero-order chi connectivity index (χ0) is 13.2. The fraction of sp³-hybridized carbons (Fsp3) is 0.455. The molecule has 0 saturated heterocycles. The molecule has 1 aromatic heterocycles. The number of nitrogens with zero attached hydrogens (tertiary/aromatic N) is 1. The molecule has 0 aliphatic heterocycles. The minimum absolute atomic E-state index is 0.0216. The summed E-state index contributed by atoms with van der Waals surface area (Å²) in [5.74, 6) is 0.434. The standard InChI is InChI=1S/C11H18N4O3/c12-7-11(17)15-9-1-2-10(14-8-9)13-3-5-18-6-4-16/h1-2,8,16H,3-7,12H2,(H,13,14)(H,15,17). The van der Waals surface area contributed by atoms with Crippen LogP contribution >= 0.6 is 0 Å². The van der Waals surface area contributed by atoms with E-state index in [2.05, 4.69) is 15.6 Å². The van der Waals surface area contributed by atoms with Crippen molar-refractivity contribution in [1.82, 2.24) is 4.98 Å². The quantitative estimate of drug-likeness (QED) is 0.461. The van der Waals surface area contributed by atoms with Crippen LogP contribution in [0.1, 0.15) is 0 Å². The SMILES string of the molecule is NCC(=O)Nc1ccc(NCCOCCO)nc1. The number of nitrogens with one attached hydrogen (secondary N) is 2. The van der Waals surface area contributed by atoms with Crippen LogP contribution in [0.25, 0.3) is 0 Å². The molecule has 5 N–H and O–H groups in total. The monoisotopic (exact) mass is 254 g/mol. The van der Waals surface area contributed by atoms with Gasteiger partial charge in [-0.25, -0.2) is 4.98 Å². The number of carbonyl (C=O) groups excluding carboxylic acids is 1. The molecule has 0 aliphatic carbocycles. The minimum Gasteiger partial charge on any atom is -0.394 e. The zero-order valence-electron chi connectivity index (χ0n) is 10.1. The smallest absolute Gasteiger partial charge is 0.238 e. The molecule has 100 valence electrons. The summed E-state index contributed by atoms with van der Waals surface area (Å²) < 4.78 is 5.08. The largest absolute Gasteiger partial charge is 0.394 e. The number of carbonyl (C=O) groups is 1. The summed E-state index contributed by atoms with van der Waals surface area (Å²) in [5.41, 5.74) is 5.78. The molecule has 0 radical (unpaired) electrons. The van der Waals surface area contributed by atoms with Crippen molar-refractivity contribution in [3.63, 3.8) is 0 Å². The number of pyridine rings is 1. The number of aliphatic hydroxyl groups is 1. The van der Waals surface area contributed by atoms with Crippen LogP contribution in [0.5, 0.6) is 0 Å². The summed E-state index contributed by atoms with van der Waals surface area (Å²) in [6.07, 6.45) is 1.55. The van der Waals surface area contributed by atoms with Crippen molar-refractivity contribution >= 4 is 17.4 Å². The van der Waals surface area contributed by atoms with Gasteiger partial charge in [0.1, 0.15) is 5.82 Å². The van der Waals surface area contributed by atoms with Gasteiger partial charge in [-0.3, -0.25) is 4.79 Å². The Morgan fingerprint density at radius 1 is 1.44 bits per heavy atom. The van der Waals surface area contributed by atoms with Gasteiger partial charge in [-0.15, -0.1) is 0 Å². The molecule has 1 heterocycles. The van der Waals surface area contributed by atoms with E-state index in [1.807, 2.05) is 0 Å². The van der Waals surface area contributed by atoms with Gasteiger partial charge in [-0.2, -0.15) is 0 Å². The first kappa shape index (κ1) is 14.4. The Balaban J connectivity index is 2.29. The lowest BCUT2D eigenvalue weighted by Crippen LogP contribution is -2.21. The molecule has 0 aromatic carbocycles. The molecule has 0 spiro atoms. The van der Waals surface area contributed by atoms with Crippen molar-refractivity contribution in [2.24, 2.45) is 5.73 Å². The van der Waals surface area contributed by atoms with E-state index >= 15 is 0 Å². The van der Waals surface area contributed by atoms with E-state index in [0.717, 1.165) is 0 Å². The molecule has 1 rings (SSSR count). The fourth-order valence-electron chi connectivity index (χ4n) is 1.20. The molecule has 0 atom stereocenters. The lowest BCUT2D eigenvalue weighted by atomic mass is 10.4. The fourth-order valence-corrected chi connectivity index (χ4v) is 1.20. The van der Waals surface area contributed by atoms with Crippen LogP contribution in [-0.2, 0) is 9.53 Å². The second kappa shape index (κ2) is 8.40. The molecule has 0 bridgehead atoms. The van der Waals surface area contributed by atoms with E-state index in [1.54, 1.807) is 18.3 Å². The average molecular weight is 254 g/mol. The molecular formula is C11H18N4O3. The Morgan fingerprint density at radius 2 is 2.28 bits per heavy atom. The molecule has 7 heteroatoms. The van der Waals surface area contributed by atoms with Crippen LogP contribution in [0.2, 0.25) is 0 Å². The van der Waals surface area contributed by atoms with Crippen molar-refractivity contribution < 1.29 is 14.6 Å². The third-order valence-corrected chi connectivity index (χ3v) is 2.02. The number of rotatable bonds is 8. The highest BCUT2D eigenvalue weighted by Gasteiger charge is 1.99. The third-order valence-electron chi connectivity index (χ3n) is 2.02. The van der Waals surface area contributed by atoms with Crippen LogP contribution in [-0.4, -0.2) is 48.9 Å². The Kier molecular flexibility index (Phi) is 6.70. The van der Waals surface area contributed by atoms with Gasteiger partial charge < -0.3 is 26.2 Å². The molecule has 18 heavy (non-hydrogen) atoms.